The molecule has 1 aromatic heterocycles. The number of carboxylic acid groups (broad SMARTS) is 1. The Morgan fingerprint density at radius 1 is 0.847 bits per heavy atom. The zero-order valence-corrected chi connectivity index (χ0v) is 37.7. The molecular weight excluding hydrogens is 735 g/mol. The van der Waals surface area contributed by atoms with Gasteiger partial charge in [-0.3, -0.25) is 9.59 Å². The number of ketones is 1. The molecule has 0 saturated heterocycles. The lowest BCUT2D eigenvalue weighted by atomic mass is 9.33. The number of carbonyl (C=O) groups is 2. The second kappa shape index (κ2) is 12.9. The number of carboxylic acids is 1. The van der Waals surface area contributed by atoms with Crippen LogP contribution in [0.2, 0.25) is 0 Å². The summed E-state index contributed by atoms with van der Waals surface area (Å²) in [6, 6.07) is 0. The third-order valence-electron chi connectivity index (χ3n) is 21.7. The lowest BCUT2D eigenvalue weighted by molar-refractivity contribution is -0.202. The van der Waals surface area contributed by atoms with Gasteiger partial charge in [-0.1, -0.05) is 77.6 Å². The molecule has 7 nitrogen and oxygen atoms in total. The van der Waals surface area contributed by atoms with E-state index in [2.05, 4.69) is 72.5 Å². The lowest BCUT2D eigenvalue weighted by Gasteiger charge is -2.70. The maximum absolute atomic E-state index is 14.2. The summed E-state index contributed by atoms with van der Waals surface area (Å²) >= 11 is 0. The van der Waals surface area contributed by atoms with Gasteiger partial charge in [0.05, 0.1) is 17.7 Å². The van der Waals surface area contributed by atoms with E-state index in [4.69, 9.17) is 10.9 Å². The molecular formula is C52H73NO6. The van der Waals surface area contributed by atoms with E-state index in [1.165, 1.54) is 17.6 Å². The van der Waals surface area contributed by atoms with Gasteiger partial charge in [-0.25, -0.2) is 0 Å². The third kappa shape index (κ3) is 5.36. The van der Waals surface area contributed by atoms with Gasteiger partial charge in [-0.05, 0) is 184 Å². The van der Waals surface area contributed by atoms with E-state index >= 15 is 0 Å². The topological polar surface area (TPSA) is 121 Å². The number of nitrogens with zero attached hydrogens (tertiary/aromatic N) is 1. The maximum atomic E-state index is 14.2. The first-order valence-electron chi connectivity index (χ1n) is 23.5. The van der Waals surface area contributed by atoms with Crippen molar-refractivity contribution in [2.45, 2.75) is 177 Å². The molecule has 3 N–H and O–H groups in total. The summed E-state index contributed by atoms with van der Waals surface area (Å²) < 4.78 is 5.43. The second-order valence-corrected chi connectivity index (χ2v) is 24.3. The molecule has 1 heterocycles. The molecule has 0 aromatic carbocycles. The summed E-state index contributed by atoms with van der Waals surface area (Å²) in [5.41, 5.74) is 2.13. The minimum absolute atomic E-state index is 0.0296. The first-order chi connectivity index (χ1) is 27.5. The van der Waals surface area contributed by atoms with Crippen LogP contribution in [0.5, 0.6) is 0 Å². The van der Waals surface area contributed by atoms with Crippen LogP contribution in [0.1, 0.15) is 170 Å². The molecule has 15 atom stereocenters. The molecule has 15 unspecified atom stereocenters. The van der Waals surface area contributed by atoms with Gasteiger partial charge in [0.2, 0.25) is 0 Å². The van der Waals surface area contributed by atoms with Crippen LogP contribution in [0.15, 0.2) is 27.9 Å². The van der Waals surface area contributed by atoms with Crippen LogP contribution in [0.25, 0.3) is 6.08 Å². The maximum Gasteiger partial charge on any atom is 0.309 e. The van der Waals surface area contributed by atoms with Gasteiger partial charge in [-0.2, -0.15) is 0 Å². The van der Waals surface area contributed by atoms with Gasteiger partial charge in [0.25, 0.3) is 0 Å². The Balaban J connectivity index is 0.000000159. The molecule has 1 aromatic rings. The van der Waals surface area contributed by atoms with E-state index in [1.54, 1.807) is 5.57 Å². The number of fused-ring (bicyclic) bond motifs is 13. The molecule has 0 amide bonds. The number of rotatable bonds is 1. The van der Waals surface area contributed by atoms with E-state index in [1.807, 2.05) is 19.2 Å². The van der Waals surface area contributed by atoms with Gasteiger partial charge in [0.15, 0.2) is 11.5 Å². The van der Waals surface area contributed by atoms with Crippen molar-refractivity contribution >= 4 is 17.8 Å². The largest absolute Gasteiger partial charge is 0.481 e. The Labute approximate surface area is 354 Å². The number of carbonyl (C=O) groups excluding carboxylic acids is 1. The molecule has 0 bridgehead atoms. The molecule has 59 heavy (non-hydrogen) atoms. The zero-order chi connectivity index (χ0) is 42.6. The van der Waals surface area contributed by atoms with Gasteiger partial charge in [0.1, 0.15) is 5.60 Å². The first-order valence-corrected chi connectivity index (χ1v) is 23.5. The Bertz CT molecular complexity index is 2050. The Morgan fingerprint density at radius 2 is 1.54 bits per heavy atom. The van der Waals surface area contributed by atoms with E-state index < -0.39 is 17.0 Å². The average molecular weight is 808 g/mol. The Morgan fingerprint density at radius 3 is 2.25 bits per heavy atom. The number of aliphatic hydroxyl groups excluding tert-OH is 1. The van der Waals surface area contributed by atoms with Crippen molar-refractivity contribution in [3.05, 3.63) is 34.7 Å². The summed E-state index contributed by atoms with van der Waals surface area (Å²) in [4.78, 5) is 26.4. The number of hydrogen-bond acceptors (Lipinski definition) is 6. The van der Waals surface area contributed by atoms with Gasteiger partial charge in [0, 0.05) is 16.9 Å². The van der Waals surface area contributed by atoms with Crippen molar-refractivity contribution in [2.24, 2.45) is 78.8 Å². The number of hydrogen-bond donors (Lipinski definition) is 3. The number of allylic oxidation sites excluding steroid dienone is 3. The number of aromatic nitrogens is 1. The highest BCUT2D eigenvalue weighted by atomic mass is 16.5. The van der Waals surface area contributed by atoms with Crippen LogP contribution in [0.3, 0.4) is 0 Å². The summed E-state index contributed by atoms with van der Waals surface area (Å²) in [5.74, 6) is 5.70. The van der Waals surface area contributed by atoms with Crippen molar-refractivity contribution in [1.29, 1.82) is 0 Å². The van der Waals surface area contributed by atoms with Crippen molar-refractivity contribution in [3.63, 3.8) is 0 Å². The molecule has 10 rings (SSSR count). The van der Waals surface area contributed by atoms with E-state index in [9.17, 15) is 24.9 Å². The van der Waals surface area contributed by atoms with Crippen LogP contribution in [0, 0.1) is 91.2 Å². The van der Waals surface area contributed by atoms with E-state index in [-0.39, 0.29) is 61.6 Å². The summed E-state index contributed by atoms with van der Waals surface area (Å²) in [7, 11) is 0. The zero-order valence-electron chi connectivity index (χ0n) is 37.7. The highest BCUT2D eigenvalue weighted by Crippen LogP contribution is 2.75. The molecule has 9 aliphatic carbocycles. The molecule has 7 saturated carbocycles. The van der Waals surface area contributed by atoms with E-state index in [0.717, 1.165) is 95.7 Å². The Hall–Kier alpha value is -2.69. The van der Waals surface area contributed by atoms with Crippen LogP contribution in [-0.2, 0) is 16.0 Å². The normalized spacial score (nSPS) is 51.4. The molecule has 7 heteroatoms. The lowest BCUT2D eigenvalue weighted by Crippen LogP contribution is -2.66. The van der Waals surface area contributed by atoms with Gasteiger partial charge < -0.3 is 19.8 Å². The fourth-order valence-corrected chi connectivity index (χ4v) is 17.5. The highest BCUT2D eigenvalue weighted by Gasteiger charge is 2.70. The molecule has 322 valence electrons. The number of terminal acetylenes is 1. The van der Waals surface area contributed by atoms with Gasteiger partial charge in [-0.15, -0.1) is 6.42 Å². The van der Waals surface area contributed by atoms with Crippen LogP contribution >= 0.6 is 0 Å². The van der Waals surface area contributed by atoms with Crippen molar-refractivity contribution < 1.29 is 29.4 Å². The van der Waals surface area contributed by atoms with E-state index in [0.29, 0.717) is 30.1 Å². The van der Waals surface area contributed by atoms with Crippen LogP contribution in [0.4, 0.5) is 0 Å². The number of aliphatic carboxylic acids is 1. The molecule has 9 aliphatic rings. The minimum Gasteiger partial charge on any atom is -0.481 e. The van der Waals surface area contributed by atoms with Crippen LogP contribution < -0.4 is 0 Å². The standard InChI is InChI=1S/C30H46O4.C22H27NO2/c1-25(2)21-8-11-30(7)23(28(21,5)10-9-22(25)32)20(31)16-18-19-17-27(4,24(33)34)13-12-26(19,3)14-15-29(18,30)6;1-4-22(24)10-8-18-16-6-5-15-11-19-14(13-23-25-19)12-20(15,2)17(16)7-9-21(18,22)3/h16,19,21-23,32H,8-15,17H2,1-7H3,(H,33,34);1,11,13,16-18,24H,5-10,12H2,2-3H3. The third-order valence-corrected chi connectivity index (χ3v) is 21.7. The van der Waals surface area contributed by atoms with Crippen molar-refractivity contribution in [3.8, 4) is 12.3 Å². The second-order valence-electron chi connectivity index (χ2n) is 24.3. The summed E-state index contributed by atoms with van der Waals surface area (Å²) in [6.07, 6.45) is 27.3. The minimum atomic E-state index is -0.909. The fraction of sp³-hybridized carbons (Fsp3) is 0.788. The number of aliphatic hydroxyl groups is 2. The molecule has 7 fully saturated rings. The van der Waals surface area contributed by atoms with Crippen molar-refractivity contribution in [1.82, 2.24) is 5.16 Å². The fourth-order valence-electron chi connectivity index (χ4n) is 17.5. The van der Waals surface area contributed by atoms with Crippen LogP contribution in [-0.4, -0.2) is 43.9 Å². The molecule has 0 spiro atoms. The first kappa shape index (κ1) is 41.7. The smallest absolute Gasteiger partial charge is 0.309 e. The SMILES string of the molecule is C#CC1(O)CCC2C3CCC4=Cc5oncc5CC4(C)C3CCC21C.CC1(C(=O)O)CCC2(C)CCC3(C)C(=CC(=O)C4C5(C)CCC(O)C(C)(C)C5CCC43C)C2C1. The average Bonchev–Trinajstić information content (AvgIpc) is 3.74. The molecule has 0 radical (unpaired) electrons. The van der Waals surface area contributed by atoms with Crippen molar-refractivity contribution in [2.75, 3.05) is 0 Å². The highest BCUT2D eigenvalue weighted by molar-refractivity contribution is 5.95. The quantitative estimate of drug-likeness (QED) is 0.242. The van der Waals surface area contributed by atoms with Gasteiger partial charge >= 0.3 is 5.97 Å². The predicted octanol–water partition coefficient (Wildman–Crippen LogP) is 10.6. The molecule has 0 aliphatic heterocycles. The summed E-state index contributed by atoms with van der Waals surface area (Å²) in [5, 5.41) is 36.0. The Kier molecular flexibility index (Phi) is 9.13. The predicted molar refractivity (Wildman–Crippen MR) is 229 cm³/mol. The monoisotopic (exact) mass is 808 g/mol. The summed E-state index contributed by atoms with van der Waals surface area (Å²) in [6.45, 7) is 20.5.